The Morgan fingerprint density at radius 1 is 1.06 bits per heavy atom. The Morgan fingerprint density at radius 3 is 2.71 bits per heavy atom. The number of thiazole rings is 1. The fraction of sp³-hybridized carbons (Fsp3) is 0.0833. The normalized spacial score (nSPS) is 10.6. The van der Waals surface area contributed by atoms with E-state index in [0.717, 1.165) is 21.2 Å². The van der Waals surface area contributed by atoms with Crippen LogP contribution in [0.2, 0.25) is 0 Å². The molecule has 0 radical (unpaired) electrons. The molecular weight excluding hydrogens is 232 g/mol. The maximum Gasteiger partial charge on any atom is 0.189 e. The minimum absolute atomic E-state index is 0.701. The minimum atomic E-state index is 0.701. The molecule has 0 aliphatic carbocycles. The maximum absolute atomic E-state index is 4.41. The first-order valence-electron chi connectivity index (χ1n) is 5.27. The lowest BCUT2D eigenvalue weighted by molar-refractivity contribution is 1.10. The molecule has 5 heteroatoms. The topological polar surface area (TPSA) is 50.7 Å². The highest BCUT2D eigenvalue weighted by Crippen LogP contribution is 2.18. The highest BCUT2D eigenvalue weighted by molar-refractivity contribution is 7.18. The first kappa shape index (κ1) is 10.2. The second kappa shape index (κ2) is 4.47. The van der Waals surface area contributed by atoms with Crippen molar-refractivity contribution in [1.29, 1.82) is 0 Å². The summed E-state index contributed by atoms with van der Waals surface area (Å²) in [5, 5.41) is 4.31. The van der Waals surface area contributed by atoms with Crippen LogP contribution in [0.3, 0.4) is 0 Å². The second-order valence-electron chi connectivity index (χ2n) is 3.51. The molecule has 2 heterocycles. The van der Waals surface area contributed by atoms with Crippen LogP contribution in [0.25, 0.3) is 10.5 Å². The highest BCUT2D eigenvalue weighted by atomic mass is 32.1. The molecule has 1 aromatic carbocycles. The van der Waals surface area contributed by atoms with Gasteiger partial charge in [-0.2, -0.15) is 0 Å². The van der Waals surface area contributed by atoms with Crippen molar-refractivity contribution in [3.8, 4) is 0 Å². The van der Waals surface area contributed by atoms with Crippen molar-refractivity contribution in [2.45, 2.75) is 6.54 Å². The number of hydrogen-bond acceptors (Lipinski definition) is 5. The number of benzene rings is 1. The molecule has 0 fully saturated rings. The summed E-state index contributed by atoms with van der Waals surface area (Å²) in [5.74, 6) is 0. The fourth-order valence-corrected chi connectivity index (χ4v) is 2.33. The van der Waals surface area contributed by atoms with Crippen LogP contribution in [0.4, 0.5) is 5.69 Å². The van der Waals surface area contributed by atoms with Gasteiger partial charge in [-0.15, -0.1) is 0 Å². The molecule has 84 valence electrons. The number of anilines is 1. The van der Waals surface area contributed by atoms with Crippen LogP contribution in [0.15, 0.2) is 42.7 Å². The number of fused-ring (bicyclic) bond motifs is 1. The Bertz CT molecular complexity index is 587. The number of hydrogen-bond donors (Lipinski definition) is 1. The van der Waals surface area contributed by atoms with Crippen LogP contribution < -0.4 is 5.32 Å². The lowest BCUT2D eigenvalue weighted by atomic mass is 10.3. The van der Waals surface area contributed by atoms with Gasteiger partial charge in [0, 0.05) is 18.1 Å². The summed E-state index contributed by atoms with van der Waals surface area (Å²) in [6.45, 7) is 0.701. The number of nitrogens with one attached hydrogen (secondary N) is 1. The Kier molecular flexibility index (Phi) is 2.67. The Morgan fingerprint density at radius 2 is 1.88 bits per heavy atom. The molecule has 1 N–H and O–H groups in total. The molecule has 0 saturated heterocycles. The average Bonchev–Trinajstić information content (AvgIpc) is 2.80. The first-order chi connectivity index (χ1) is 8.42. The van der Waals surface area contributed by atoms with Crippen LogP contribution >= 0.6 is 11.3 Å². The molecule has 2 aromatic heterocycles. The van der Waals surface area contributed by atoms with Crippen molar-refractivity contribution in [3.63, 3.8) is 0 Å². The fourth-order valence-electron chi connectivity index (χ4n) is 1.53. The summed E-state index contributed by atoms with van der Waals surface area (Å²) >= 11 is 1.57. The van der Waals surface area contributed by atoms with E-state index in [9.17, 15) is 0 Å². The van der Waals surface area contributed by atoms with Crippen LogP contribution in [-0.2, 0) is 6.54 Å². The van der Waals surface area contributed by atoms with E-state index < -0.39 is 0 Å². The third-order valence-corrected chi connectivity index (χ3v) is 3.26. The van der Waals surface area contributed by atoms with Crippen LogP contribution in [0.5, 0.6) is 0 Å². The summed E-state index contributed by atoms with van der Waals surface area (Å²) in [7, 11) is 0. The summed E-state index contributed by atoms with van der Waals surface area (Å²) in [6.07, 6.45) is 3.35. The summed E-state index contributed by atoms with van der Waals surface area (Å²) < 4.78 is 0. The molecule has 0 saturated carbocycles. The molecule has 0 unspecified atom stereocenters. The number of nitrogens with zero attached hydrogens (tertiary/aromatic N) is 3. The van der Waals surface area contributed by atoms with E-state index >= 15 is 0 Å². The molecule has 3 aromatic rings. The Hall–Kier alpha value is -2.01. The highest BCUT2D eigenvalue weighted by Gasteiger charge is 2.04. The second-order valence-corrected chi connectivity index (χ2v) is 4.57. The molecule has 0 spiro atoms. The van der Waals surface area contributed by atoms with Gasteiger partial charge in [-0.05, 0) is 12.1 Å². The van der Waals surface area contributed by atoms with Gasteiger partial charge >= 0.3 is 0 Å². The Balaban J connectivity index is 1.77. The largest absolute Gasteiger partial charge is 0.379 e. The zero-order valence-electron chi connectivity index (χ0n) is 9.00. The molecule has 17 heavy (non-hydrogen) atoms. The molecule has 0 bridgehead atoms. The van der Waals surface area contributed by atoms with Gasteiger partial charge in [0.25, 0.3) is 0 Å². The quantitative estimate of drug-likeness (QED) is 0.767. The van der Waals surface area contributed by atoms with Gasteiger partial charge in [-0.1, -0.05) is 29.5 Å². The van der Waals surface area contributed by atoms with Gasteiger partial charge in [0.1, 0.15) is 5.01 Å². The van der Waals surface area contributed by atoms with Crippen molar-refractivity contribution < 1.29 is 0 Å². The van der Waals surface area contributed by atoms with E-state index in [4.69, 9.17) is 0 Å². The maximum atomic E-state index is 4.41. The van der Waals surface area contributed by atoms with E-state index in [2.05, 4.69) is 20.3 Å². The lowest BCUT2D eigenvalue weighted by Crippen LogP contribution is -1.98. The number of para-hydroxylation sites is 1. The summed E-state index contributed by atoms with van der Waals surface area (Å²) in [4.78, 5) is 13.7. The van der Waals surface area contributed by atoms with Crippen molar-refractivity contribution in [1.82, 2.24) is 15.0 Å². The van der Waals surface area contributed by atoms with Crippen LogP contribution in [-0.4, -0.2) is 15.0 Å². The van der Waals surface area contributed by atoms with Gasteiger partial charge < -0.3 is 5.32 Å². The van der Waals surface area contributed by atoms with E-state index in [0.29, 0.717) is 6.54 Å². The zero-order chi connectivity index (χ0) is 11.5. The minimum Gasteiger partial charge on any atom is -0.379 e. The van der Waals surface area contributed by atoms with Crippen LogP contribution in [0, 0.1) is 0 Å². The van der Waals surface area contributed by atoms with Crippen LogP contribution in [0.1, 0.15) is 5.01 Å². The SMILES string of the molecule is c1ccc(NCc2nc3nccnc3s2)cc1. The molecule has 0 atom stereocenters. The van der Waals surface area contributed by atoms with E-state index in [1.807, 2.05) is 30.3 Å². The summed E-state index contributed by atoms with van der Waals surface area (Å²) in [5.41, 5.74) is 1.81. The number of rotatable bonds is 3. The van der Waals surface area contributed by atoms with Crippen molar-refractivity contribution in [2.24, 2.45) is 0 Å². The first-order valence-corrected chi connectivity index (χ1v) is 6.09. The predicted molar refractivity (Wildman–Crippen MR) is 69.0 cm³/mol. The standard InChI is InChI=1S/C12H10N4S/c1-2-4-9(5-3-1)15-8-10-16-11-12(17-10)14-7-6-13-11/h1-7,15H,8H2. The number of aromatic nitrogens is 3. The molecular formula is C12H10N4S. The third-order valence-electron chi connectivity index (χ3n) is 2.31. The predicted octanol–water partition coefficient (Wildman–Crippen LogP) is 2.70. The van der Waals surface area contributed by atoms with Gasteiger partial charge in [0.05, 0.1) is 6.54 Å². The van der Waals surface area contributed by atoms with E-state index in [1.165, 1.54) is 0 Å². The zero-order valence-corrected chi connectivity index (χ0v) is 9.81. The van der Waals surface area contributed by atoms with Gasteiger partial charge in [-0.25, -0.2) is 15.0 Å². The molecule has 3 rings (SSSR count). The Labute approximate surface area is 102 Å². The van der Waals surface area contributed by atoms with E-state index in [-0.39, 0.29) is 0 Å². The van der Waals surface area contributed by atoms with Crippen molar-refractivity contribution in [2.75, 3.05) is 5.32 Å². The molecule has 4 nitrogen and oxygen atoms in total. The monoisotopic (exact) mass is 242 g/mol. The van der Waals surface area contributed by atoms with Crippen molar-refractivity contribution >= 4 is 27.5 Å². The average molecular weight is 242 g/mol. The lowest BCUT2D eigenvalue weighted by Gasteiger charge is -2.02. The molecule has 0 aliphatic rings. The summed E-state index contributed by atoms with van der Waals surface area (Å²) in [6, 6.07) is 10.1. The molecule has 0 amide bonds. The van der Waals surface area contributed by atoms with Gasteiger partial charge in [0.15, 0.2) is 10.5 Å². The van der Waals surface area contributed by atoms with Crippen molar-refractivity contribution in [3.05, 3.63) is 47.7 Å². The van der Waals surface area contributed by atoms with Gasteiger partial charge in [-0.3, -0.25) is 0 Å². The molecule has 0 aliphatic heterocycles. The third kappa shape index (κ3) is 2.24. The van der Waals surface area contributed by atoms with E-state index in [1.54, 1.807) is 23.7 Å². The smallest absolute Gasteiger partial charge is 0.189 e. The van der Waals surface area contributed by atoms with Gasteiger partial charge in [0.2, 0.25) is 0 Å².